The highest BCUT2D eigenvalue weighted by atomic mass is 16.5. The Hall–Kier alpha value is -1.62. The van der Waals surface area contributed by atoms with Crippen molar-refractivity contribution in [3.63, 3.8) is 0 Å². The molecule has 1 aromatic heterocycles. The van der Waals surface area contributed by atoms with Crippen molar-refractivity contribution < 1.29 is 4.74 Å². The smallest absolute Gasteiger partial charge is 0.213 e. The Balaban J connectivity index is 2.42. The van der Waals surface area contributed by atoms with Gasteiger partial charge in [0.05, 0.1) is 6.61 Å². The number of rotatable bonds is 6. The molecule has 0 radical (unpaired) electrons. The van der Waals surface area contributed by atoms with Crippen molar-refractivity contribution in [3.8, 4) is 5.88 Å². The van der Waals surface area contributed by atoms with Gasteiger partial charge in [0, 0.05) is 24.4 Å². The van der Waals surface area contributed by atoms with Gasteiger partial charge in [-0.15, -0.1) is 0 Å². The zero-order valence-electron chi connectivity index (χ0n) is 9.73. The summed E-state index contributed by atoms with van der Waals surface area (Å²) in [5.41, 5.74) is 6.01. The van der Waals surface area contributed by atoms with E-state index in [4.69, 9.17) is 15.9 Å². The monoisotopic (exact) mass is 222 g/mol. The van der Waals surface area contributed by atoms with Crippen LogP contribution in [0.15, 0.2) is 18.3 Å². The highest BCUT2D eigenvalue weighted by Crippen LogP contribution is 2.08. The molecule has 0 saturated heterocycles. The molecule has 0 unspecified atom stereocenters. The van der Waals surface area contributed by atoms with Gasteiger partial charge in [-0.1, -0.05) is 0 Å². The molecule has 88 valence electrons. The number of amidine groups is 1. The molecule has 1 rings (SSSR count). The first-order chi connectivity index (χ1) is 7.59. The van der Waals surface area contributed by atoms with Gasteiger partial charge < -0.3 is 15.4 Å². The van der Waals surface area contributed by atoms with Gasteiger partial charge in [-0.25, -0.2) is 4.98 Å². The number of hydrogen-bond donors (Lipinski definition) is 2. The lowest BCUT2D eigenvalue weighted by molar-refractivity contribution is 0.273. The van der Waals surface area contributed by atoms with E-state index in [1.807, 2.05) is 14.1 Å². The van der Waals surface area contributed by atoms with Crippen LogP contribution in [0, 0.1) is 5.41 Å². The van der Waals surface area contributed by atoms with E-state index in [2.05, 4.69) is 9.88 Å². The lowest BCUT2D eigenvalue weighted by Gasteiger charge is -2.10. The molecule has 0 aromatic carbocycles. The third-order valence-corrected chi connectivity index (χ3v) is 2.05. The summed E-state index contributed by atoms with van der Waals surface area (Å²) in [7, 11) is 4.04. The average molecular weight is 222 g/mol. The fourth-order valence-electron chi connectivity index (χ4n) is 1.21. The Morgan fingerprint density at radius 2 is 2.31 bits per heavy atom. The molecule has 0 aliphatic heterocycles. The third-order valence-electron chi connectivity index (χ3n) is 2.05. The number of nitrogens with one attached hydrogen (secondary N) is 1. The van der Waals surface area contributed by atoms with Gasteiger partial charge in [0.2, 0.25) is 5.88 Å². The second-order valence-electron chi connectivity index (χ2n) is 3.80. The van der Waals surface area contributed by atoms with Crippen LogP contribution in [0.3, 0.4) is 0 Å². The predicted octanol–water partition coefficient (Wildman–Crippen LogP) is 0.696. The highest BCUT2D eigenvalue weighted by Gasteiger charge is 2.00. The van der Waals surface area contributed by atoms with Crippen LogP contribution >= 0.6 is 0 Å². The van der Waals surface area contributed by atoms with Gasteiger partial charge >= 0.3 is 0 Å². The summed E-state index contributed by atoms with van der Waals surface area (Å²) in [6.45, 7) is 1.60. The molecular weight excluding hydrogens is 204 g/mol. The topological polar surface area (TPSA) is 75.2 Å². The largest absolute Gasteiger partial charge is 0.478 e. The Kier molecular flexibility index (Phi) is 4.72. The van der Waals surface area contributed by atoms with Crippen molar-refractivity contribution in [2.24, 2.45) is 5.73 Å². The van der Waals surface area contributed by atoms with Gasteiger partial charge in [-0.05, 0) is 26.6 Å². The number of nitrogens with zero attached hydrogens (tertiary/aromatic N) is 2. The Morgan fingerprint density at radius 3 is 2.94 bits per heavy atom. The molecule has 0 amide bonds. The minimum absolute atomic E-state index is 0.0283. The summed E-state index contributed by atoms with van der Waals surface area (Å²) >= 11 is 0. The Bertz CT molecular complexity index is 352. The maximum absolute atomic E-state index is 7.29. The first-order valence-electron chi connectivity index (χ1n) is 5.17. The first-order valence-corrected chi connectivity index (χ1v) is 5.17. The van der Waals surface area contributed by atoms with Crippen molar-refractivity contribution in [1.29, 1.82) is 5.41 Å². The number of aromatic nitrogens is 1. The summed E-state index contributed by atoms with van der Waals surface area (Å²) in [5.74, 6) is 0.548. The Labute approximate surface area is 95.7 Å². The molecule has 5 nitrogen and oxygen atoms in total. The van der Waals surface area contributed by atoms with Crippen molar-refractivity contribution in [2.75, 3.05) is 27.2 Å². The zero-order valence-corrected chi connectivity index (χ0v) is 9.73. The molecule has 0 fully saturated rings. The maximum atomic E-state index is 7.29. The molecule has 3 N–H and O–H groups in total. The molecule has 1 heterocycles. The van der Waals surface area contributed by atoms with E-state index in [0.717, 1.165) is 13.0 Å². The lowest BCUT2D eigenvalue weighted by Crippen LogP contribution is -2.16. The summed E-state index contributed by atoms with van der Waals surface area (Å²) < 4.78 is 5.46. The van der Waals surface area contributed by atoms with Crippen LogP contribution in [0.2, 0.25) is 0 Å². The van der Waals surface area contributed by atoms with Gasteiger partial charge in [0.1, 0.15) is 5.84 Å². The van der Waals surface area contributed by atoms with Gasteiger partial charge in [-0.2, -0.15) is 0 Å². The fourth-order valence-corrected chi connectivity index (χ4v) is 1.21. The second kappa shape index (κ2) is 6.07. The summed E-state index contributed by atoms with van der Waals surface area (Å²) in [4.78, 5) is 6.15. The fraction of sp³-hybridized carbons (Fsp3) is 0.455. The SMILES string of the molecule is CN(C)CCCOc1cc(C(=N)N)ccn1. The van der Waals surface area contributed by atoms with Crippen molar-refractivity contribution in [3.05, 3.63) is 23.9 Å². The normalized spacial score (nSPS) is 10.4. The van der Waals surface area contributed by atoms with E-state index in [1.54, 1.807) is 18.3 Å². The average Bonchev–Trinajstić information content (AvgIpc) is 2.24. The van der Waals surface area contributed by atoms with Crippen molar-refractivity contribution in [1.82, 2.24) is 9.88 Å². The highest BCUT2D eigenvalue weighted by molar-refractivity contribution is 5.95. The van der Waals surface area contributed by atoms with Gasteiger partial charge in [0.15, 0.2) is 0 Å². The van der Waals surface area contributed by atoms with E-state index in [9.17, 15) is 0 Å². The number of hydrogen-bond acceptors (Lipinski definition) is 4. The van der Waals surface area contributed by atoms with E-state index < -0.39 is 0 Å². The summed E-state index contributed by atoms with van der Waals surface area (Å²) in [6.07, 6.45) is 2.54. The van der Waals surface area contributed by atoms with Crippen LogP contribution in [-0.2, 0) is 0 Å². The number of nitrogens with two attached hydrogens (primary N) is 1. The van der Waals surface area contributed by atoms with E-state index >= 15 is 0 Å². The molecule has 0 atom stereocenters. The second-order valence-corrected chi connectivity index (χ2v) is 3.80. The summed E-state index contributed by atoms with van der Waals surface area (Å²) in [6, 6.07) is 3.37. The third kappa shape index (κ3) is 4.27. The van der Waals surface area contributed by atoms with E-state index in [-0.39, 0.29) is 5.84 Å². The first kappa shape index (κ1) is 12.4. The molecule has 0 bridgehead atoms. The predicted molar refractivity (Wildman–Crippen MR) is 63.9 cm³/mol. The minimum atomic E-state index is 0.0283. The van der Waals surface area contributed by atoms with Crippen LogP contribution < -0.4 is 10.5 Å². The molecule has 0 aliphatic carbocycles. The van der Waals surface area contributed by atoms with Crippen LogP contribution in [-0.4, -0.2) is 43.0 Å². The Morgan fingerprint density at radius 1 is 1.56 bits per heavy atom. The number of nitrogen functional groups attached to an aromatic ring is 1. The van der Waals surface area contributed by atoms with E-state index in [0.29, 0.717) is 18.1 Å². The maximum Gasteiger partial charge on any atom is 0.213 e. The van der Waals surface area contributed by atoms with Crippen LogP contribution in [0.25, 0.3) is 0 Å². The quantitative estimate of drug-likeness (QED) is 0.422. The molecular formula is C11H18N4O. The molecule has 0 aliphatic rings. The zero-order chi connectivity index (χ0) is 12.0. The number of ether oxygens (including phenoxy) is 1. The van der Waals surface area contributed by atoms with Gasteiger partial charge in [0.25, 0.3) is 0 Å². The molecule has 5 heteroatoms. The standard InChI is InChI=1S/C11H18N4O/c1-15(2)6-3-7-16-10-8-9(11(12)13)4-5-14-10/h4-5,8H,3,6-7H2,1-2H3,(H3,12,13). The lowest BCUT2D eigenvalue weighted by atomic mass is 10.2. The van der Waals surface area contributed by atoms with Crippen LogP contribution in [0.1, 0.15) is 12.0 Å². The molecule has 1 aromatic rings. The molecule has 0 spiro atoms. The number of pyridine rings is 1. The van der Waals surface area contributed by atoms with Crippen LogP contribution in [0.4, 0.5) is 0 Å². The molecule has 16 heavy (non-hydrogen) atoms. The van der Waals surface area contributed by atoms with Crippen molar-refractivity contribution in [2.45, 2.75) is 6.42 Å². The minimum Gasteiger partial charge on any atom is -0.478 e. The van der Waals surface area contributed by atoms with Gasteiger partial charge in [-0.3, -0.25) is 5.41 Å². The summed E-state index contributed by atoms with van der Waals surface area (Å²) in [5, 5.41) is 7.29. The van der Waals surface area contributed by atoms with Crippen molar-refractivity contribution >= 4 is 5.84 Å². The van der Waals surface area contributed by atoms with Crippen LogP contribution in [0.5, 0.6) is 5.88 Å². The van der Waals surface area contributed by atoms with E-state index in [1.165, 1.54) is 0 Å². The molecule has 0 saturated carbocycles.